The van der Waals surface area contributed by atoms with Gasteiger partial charge in [0.25, 0.3) is 0 Å². The second-order valence-corrected chi connectivity index (χ2v) is 4.70. The van der Waals surface area contributed by atoms with Crippen LogP contribution >= 0.6 is 0 Å². The molecule has 18 heavy (non-hydrogen) atoms. The van der Waals surface area contributed by atoms with Gasteiger partial charge in [0.05, 0.1) is 25.7 Å². The van der Waals surface area contributed by atoms with Crippen LogP contribution in [0.3, 0.4) is 0 Å². The maximum Gasteiger partial charge on any atom is 0.222 e. The van der Waals surface area contributed by atoms with Gasteiger partial charge in [-0.05, 0) is 19.1 Å². The molecule has 1 fully saturated rings. The molecule has 0 bridgehead atoms. The van der Waals surface area contributed by atoms with Crippen molar-refractivity contribution in [3.63, 3.8) is 0 Å². The Balaban J connectivity index is 1.76. The number of morpholine rings is 1. The number of ether oxygens (including phenoxy) is 1. The highest BCUT2D eigenvalue weighted by molar-refractivity contribution is 5.76. The van der Waals surface area contributed by atoms with Gasteiger partial charge in [-0.2, -0.15) is 0 Å². The maximum atomic E-state index is 11.8. The number of nitrogens with zero attached hydrogens (tertiary/aromatic N) is 1. The number of rotatable bonds is 4. The van der Waals surface area contributed by atoms with Crippen molar-refractivity contribution in [1.82, 2.24) is 15.2 Å². The lowest BCUT2D eigenvalue weighted by Gasteiger charge is -2.23. The normalized spacial score (nSPS) is 19.8. The quantitative estimate of drug-likeness (QED) is 0.811. The van der Waals surface area contributed by atoms with Crippen LogP contribution in [0, 0.1) is 6.92 Å². The van der Waals surface area contributed by atoms with Crippen LogP contribution in [0.2, 0.25) is 0 Å². The van der Waals surface area contributed by atoms with Crippen molar-refractivity contribution < 1.29 is 9.53 Å². The van der Waals surface area contributed by atoms with E-state index in [0.29, 0.717) is 19.6 Å². The van der Waals surface area contributed by atoms with E-state index in [1.165, 1.54) is 5.69 Å². The van der Waals surface area contributed by atoms with Gasteiger partial charge in [-0.15, -0.1) is 0 Å². The largest absolute Gasteiger partial charge is 0.375 e. The highest BCUT2D eigenvalue weighted by Gasteiger charge is 2.17. The zero-order valence-corrected chi connectivity index (χ0v) is 11.0. The van der Waals surface area contributed by atoms with Crippen LogP contribution in [0.1, 0.15) is 17.8 Å². The van der Waals surface area contributed by atoms with Crippen LogP contribution in [-0.2, 0) is 23.1 Å². The van der Waals surface area contributed by atoms with Gasteiger partial charge in [0.1, 0.15) is 0 Å². The molecule has 0 aromatic carbocycles. The first-order chi connectivity index (χ1) is 8.66. The van der Waals surface area contributed by atoms with Crippen molar-refractivity contribution in [2.24, 2.45) is 7.05 Å². The van der Waals surface area contributed by atoms with E-state index in [1.54, 1.807) is 0 Å². The van der Waals surface area contributed by atoms with Crippen molar-refractivity contribution in [2.45, 2.75) is 26.0 Å². The van der Waals surface area contributed by atoms with Crippen molar-refractivity contribution in [2.75, 3.05) is 19.7 Å². The molecule has 1 aliphatic rings. The number of carbonyl (C=O) groups excluding carboxylic acids is 1. The zero-order chi connectivity index (χ0) is 13.0. The Bertz CT molecular complexity index is 408. The van der Waals surface area contributed by atoms with Crippen molar-refractivity contribution in [3.8, 4) is 0 Å². The molecule has 1 saturated heterocycles. The molecular formula is C13H21N3O2. The molecule has 5 nitrogen and oxygen atoms in total. The summed E-state index contributed by atoms with van der Waals surface area (Å²) in [6.07, 6.45) is 0.435. The lowest BCUT2D eigenvalue weighted by atomic mass is 10.2. The van der Waals surface area contributed by atoms with Crippen LogP contribution in [0.15, 0.2) is 12.1 Å². The van der Waals surface area contributed by atoms with E-state index in [-0.39, 0.29) is 12.0 Å². The summed E-state index contributed by atoms with van der Waals surface area (Å²) in [6, 6.07) is 4.09. The van der Waals surface area contributed by atoms with Crippen LogP contribution < -0.4 is 10.6 Å². The minimum absolute atomic E-state index is 0.00824. The van der Waals surface area contributed by atoms with E-state index in [2.05, 4.69) is 21.3 Å². The van der Waals surface area contributed by atoms with E-state index >= 15 is 0 Å². The average Bonchev–Trinajstić information content (AvgIpc) is 2.69. The SMILES string of the molecule is Cc1ccc(CNC(=O)CC2CNCCO2)n1C. The summed E-state index contributed by atoms with van der Waals surface area (Å²) in [5, 5.41) is 6.15. The predicted octanol–water partition coefficient (Wildman–Crippen LogP) is 0.328. The Kier molecular flexibility index (Phi) is 4.38. The number of hydrogen-bond acceptors (Lipinski definition) is 3. The Hall–Kier alpha value is -1.33. The number of hydrogen-bond donors (Lipinski definition) is 2. The number of nitrogens with one attached hydrogen (secondary N) is 2. The number of aromatic nitrogens is 1. The Morgan fingerprint density at radius 1 is 1.61 bits per heavy atom. The van der Waals surface area contributed by atoms with Crippen LogP contribution in [0.5, 0.6) is 0 Å². The second-order valence-electron chi connectivity index (χ2n) is 4.70. The van der Waals surface area contributed by atoms with Gasteiger partial charge in [-0.25, -0.2) is 0 Å². The summed E-state index contributed by atoms with van der Waals surface area (Å²) >= 11 is 0. The van der Waals surface area contributed by atoms with Gasteiger partial charge in [0.15, 0.2) is 0 Å². The monoisotopic (exact) mass is 251 g/mol. The fraction of sp³-hybridized carbons (Fsp3) is 0.615. The van der Waals surface area contributed by atoms with Crippen LogP contribution in [0.25, 0.3) is 0 Å². The van der Waals surface area contributed by atoms with Crippen LogP contribution in [0.4, 0.5) is 0 Å². The Morgan fingerprint density at radius 2 is 2.44 bits per heavy atom. The third-order valence-corrected chi connectivity index (χ3v) is 3.36. The number of aryl methyl sites for hydroxylation is 1. The molecule has 2 heterocycles. The molecular weight excluding hydrogens is 230 g/mol. The molecule has 0 aliphatic carbocycles. The first-order valence-electron chi connectivity index (χ1n) is 6.37. The summed E-state index contributed by atoms with van der Waals surface area (Å²) < 4.78 is 7.58. The molecule has 1 aliphatic heterocycles. The molecule has 0 spiro atoms. The van der Waals surface area contributed by atoms with Gasteiger partial charge in [-0.1, -0.05) is 0 Å². The summed E-state index contributed by atoms with van der Waals surface area (Å²) in [7, 11) is 2.00. The summed E-state index contributed by atoms with van der Waals surface area (Å²) in [4.78, 5) is 11.8. The van der Waals surface area contributed by atoms with Crippen molar-refractivity contribution >= 4 is 5.91 Å². The van der Waals surface area contributed by atoms with E-state index < -0.39 is 0 Å². The highest BCUT2D eigenvalue weighted by Crippen LogP contribution is 2.06. The lowest BCUT2D eigenvalue weighted by Crippen LogP contribution is -2.41. The Morgan fingerprint density at radius 3 is 3.06 bits per heavy atom. The molecule has 1 aromatic rings. The zero-order valence-electron chi connectivity index (χ0n) is 11.0. The smallest absolute Gasteiger partial charge is 0.222 e. The number of carbonyl (C=O) groups is 1. The molecule has 2 rings (SSSR count). The second kappa shape index (κ2) is 6.02. The first kappa shape index (κ1) is 13.1. The molecule has 1 atom stereocenters. The molecule has 2 N–H and O–H groups in total. The molecule has 0 radical (unpaired) electrons. The summed E-state index contributed by atoms with van der Waals surface area (Å²) in [6.45, 7) is 4.95. The minimum Gasteiger partial charge on any atom is -0.375 e. The average molecular weight is 251 g/mol. The van der Waals surface area contributed by atoms with Gasteiger partial charge in [0, 0.05) is 31.5 Å². The molecule has 1 unspecified atom stereocenters. The minimum atomic E-state index is 0.00824. The molecule has 0 saturated carbocycles. The van der Waals surface area contributed by atoms with Crippen molar-refractivity contribution in [3.05, 3.63) is 23.5 Å². The topological polar surface area (TPSA) is 55.3 Å². The van der Waals surface area contributed by atoms with Gasteiger partial charge < -0.3 is 19.9 Å². The van der Waals surface area contributed by atoms with Gasteiger partial charge >= 0.3 is 0 Å². The number of amides is 1. The van der Waals surface area contributed by atoms with E-state index in [9.17, 15) is 4.79 Å². The molecule has 1 amide bonds. The maximum absolute atomic E-state index is 11.8. The molecule has 1 aromatic heterocycles. The highest BCUT2D eigenvalue weighted by atomic mass is 16.5. The van der Waals surface area contributed by atoms with E-state index in [1.807, 2.05) is 20.0 Å². The molecule has 100 valence electrons. The fourth-order valence-electron chi connectivity index (χ4n) is 2.06. The predicted molar refractivity (Wildman–Crippen MR) is 69.2 cm³/mol. The van der Waals surface area contributed by atoms with Gasteiger partial charge in [0.2, 0.25) is 5.91 Å². The van der Waals surface area contributed by atoms with Crippen molar-refractivity contribution in [1.29, 1.82) is 0 Å². The third kappa shape index (κ3) is 3.34. The molecule has 5 heteroatoms. The fourth-order valence-corrected chi connectivity index (χ4v) is 2.06. The Labute approximate surface area is 108 Å². The third-order valence-electron chi connectivity index (χ3n) is 3.36. The van der Waals surface area contributed by atoms with Gasteiger partial charge in [-0.3, -0.25) is 4.79 Å². The first-order valence-corrected chi connectivity index (χ1v) is 6.37. The summed E-state index contributed by atoms with van der Waals surface area (Å²) in [5.74, 6) is 0.0440. The van der Waals surface area contributed by atoms with Crippen LogP contribution in [-0.4, -0.2) is 36.3 Å². The lowest BCUT2D eigenvalue weighted by molar-refractivity contribution is -0.124. The van der Waals surface area contributed by atoms with E-state index in [0.717, 1.165) is 18.8 Å². The van der Waals surface area contributed by atoms with E-state index in [4.69, 9.17) is 4.74 Å². The summed E-state index contributed by atoms with van der Waals surface area (Å²) in [5.41, 5.74) is 2.31. The standard InChI is InChI=1S/C13H21N3O2/c1-10-3-4-11(16(10)2)8-15-13(17)7-12-9-14-5-6-18-12/h3-4,12,14H,5-9H2,1-2H3,(H,15,17).